The molecule has 4 rings (SSSR count). The first-order valence-corrected chi connectivity index (χ1v) is 10.4. The molecule has 0 amide bonds. The van der Waals surface area contributed by atoms with Gasteiger partial charge in [0.15, 0.2) is 11.6 Å². The third-order valence-corrected chi connectivity index (χ3v) is 5.39. The molecule has 4 heteroatoms. The highest BCUT2D eigenvalue weighted by Crippen LogP contribution is 2.25. The highest BCUT2D eigenvalue weighted by atomic mass is 19.2. The molecule has 0 atom stereocenters. The lowest BCUT2D eigenvalue weighted by atomic mass is 10.00. The summed E-state index contributed by atoms with van der Waals surface area (Å²) in [4.78, 5) is 0. The zero-order chi connectivity index (χ0) is 22.7. The van der Waals surface area contributed by atoms with Crippen molar-refractivity contribution >= 4 is 10.8 Å². The Morgan fingerprint density at radius 1 is 0.688 bits per heavy atom. The summed E-state index contributed by atoms with van der Waals surface area (Å²) >= 11 is 0. The molecule has 0 bridgehead atoms. The standard InChI is InChI=1S/C28H20F4/c1-2-3-4-18-5-9-20(10-6-18)22-16-26(30)24(27(31)17-22)13-8-19-7-12-23-21(15-19)11-14-25(29)28(23)32/h5-7,9-12,14-17H,2-4H2,1H3. The van der Waals surface area contributed by atoms with Crippen LogP contribution < -0.4 is 0 Å². The number of rotatable bonds is 4. The molecule has 0 aliphatic rings. The van der Waals surface area contributed by atoms with E-state index >= 15 is 0 Å². The summed E-state index contributed by atoms with van der Waals surface area (Å²) in [6.45, 7) is 2.13. The average Bonchev–Trinajstić information content (AvgIpc) is 2.80. The summed E-state index contributed by atoms with van der Waals surface area (Å²) in [6, 6.07) is 17.1. The van der Waals surface area contributed by atoms with E-state index in [1.54, 1.807) is 6.07 Å². The molecular formula is C28H20F4. The van der Waals surface area contributed by atoms with E-state index in [4.69, 9.17) is 0 Å². The molecule has 0 unspecified atom stereocenters. The fourth-order valence-electron chi connectivity index (χ4n) is 3.58. The van der Waals surface area contributed by atoms with Gasteiger partial charge in [0, 0.05) is 10.9 Å². The zero-order valence-electron chi connectivity index (χ0n) is 17.5. The van der Waals surface area contributed by atoms with E-state index in [9.17, 15) is 17.6 Å². The van der Waals surface area contributed by atoms with Crippen LogP contribution in [0.15, 0.2) is 66.7 Å². The second-order valence-electron chi connectivity index (χ2n) is 7.66. The number of hydrogen-bond donors (Lipinski definition) is 0. The van der Waals surface area contributed by atoms with E-state index in [2.05, 4.69) is 18.8 Å². The minimum Gasteiger partial charge on any atom is -0.205 e. The molecule has 0 spiro atoms. The maximum absolute atomic E-state index is 14.7. The Balaban J connectivity index is 1.62. The van der Waals surface area contributed by atoms with Gasteiger partial charge in [-0.15, -0.1) is 0 Å². The second kappa shape index (κ2) is 9.28. The number of fused-ring (bicyclic) bond motifs is 1. The van der Waals surface area contributed by atoms with E-state index in [1.165, 1.54) is 35.9 Å². The normalized spacial score (nSPS) is 10.8. The fourth-order valence-corrected chi connectivity index (χ4v) is 3.58. The SMILES string of the molecule is CCCCc1ccc(-c2cc(F)c(C#Cc3ccc4c(F)c(F)ccc4c3)c(F)c2)cc1. The van der Waals surface area contributed by atoms with Gasteiger partial charge in [-0.2, -0.15) is 0 Å². The summed E-state index contributed by atoms with van der Waals surface area (Å²) < 4.78 is 56.5. The number of aryl methyl sites for hydroxylation is 1. The molecule has 0 heterocycles. The van der Waals surface area contributed by atoms with Crippen LogP contribution in [0.1, 0.15) is 36.5 Å². The van der Waals surface area contributed by atoms with Crippen LogP contribution in [0.2, 0.25) is 0 Å². The fraction of sp³-hybridized carbons (Fsp3) is 0.143. The molecule has 4 aromatic carbocycles. The van der Waals surface area contributed by atoms with Gasteiger partial charge < -0.3 is 0 Å². The van der Waals surface area contributed by atoms with E-state index in [0.29, 0.717) is 16.5 Å². The molecule has 32 heavy (non-hydrogen) atoms. The maximum Gasteiger partial charge on any atom is 0.166 e. The van der Waals surface area contributed by atoms with Crippen LogP contribution in [0.4, 0.5) is 17.6 Å². The summed E-state index contributed by atoms with van der Waals surface area (Å²) in [5.41, 5.74) is 2.46. The van der Waals surface area contributed by atoms with Crippen LogP contribution in [-0.2, 0) is 6.42 Å². The molecule has 0 saturated heterocycles. The van der Waals surface area contributed by atoms with E-state index in [0.717, 1.165) is 30.9 Å². The van der Waals surface area contributed by atoms with Crippen LogP contribution in [0.25, 0.3) is 21.9 Å². The van der Waals surface area contributed by atoms with Gasteiger partial charge in [-0.1, -0.05) is 61.6 Å². The topological polar surface area (TPSA) is 0 Å². The van der Waals surface area contributed by atoms with Crippen molar-refractivity contribution in [1.29, 1.82) is 0 Å². The Morgan fingerprint density at radius 3 is 2.09 bits per heavy atom. The number of benzene rings is 4. The smallest absolute Gasteiger partial charge is 0.166 e. The van der Waals surface area contributed by atoms with Crippen molar-refractivity contribution in [3.63, 3.8) is 0 Å². The van der Waals surface area contributed by atoms with Gasteiger partial charge in [0.05, 0.1) is 5.56 Å². The number of hydrogen-bond acceptors (Lipinski definition) is 0. The molecule has 0 nitrogen and oxygen atoms in total. The van der Waals surface area contributed by atoms with Gasteiger partial charge in [0.1, 0.15) is 11.6 Å². The minimum absolute atomic E-state index is 0.123. The summed E-state index contributed by atoms with van der Waals surface area (Å²) in [5.74, 6) is 1.86. The lowest BCUT2D eigenvalue weighted by molar-refractivity contribution is 0.517. The lowest BCUT2D eigenvalue weighted by Gasteiger charge is -2.06. The van der Waals surface area contributed by atoms with Crippen molar-refractivity contribution in [3.8, 4) is 23.0 Å². The first-order valence-electron chi connectivity index (χ1n) is 10.4. The molecule has 0 aliphatic heterocycles. The Kier molecular flexibility index (Phi) is 6.28. The third kappa shape index (κ3) is 4.53. The molecule has 4 aromatic rings. The molecule has 0 saturated carbocycles. The Labute approximate surface area is 184 Å². The van der Waals surface area contributed by atoms with Crippen molar-refractivity contribution < 1.29 is 17.6 Å². The van der Waals surface area contributed by atoms with Gasteiger partial charge in [0.25, 0.3) is 0 Å². The van der Waals surface area contributed by atoms with Crippen LogP contribution in [0, 0.1) is 35.1 Å². The van der Waals surface area contributed by atoms with E-state index in [1.807, 2.05) is 24.3 Å². The van der Waals surface area contributed by atoms with Gasteiger partial charge in [-0.05, 0) is 65.3 Å². The van der Waals surface area contributed by atoms with E-state index < -0.39 is 23.3 Å². The maximum atomic E-state index is 14.7. The van der Waals surface area contributed by atoms with Crippen molar-refractivity contribution in [2.24, 2.45) is 0 Å². The number of halogens is 4. The van der Waals surface area contributed by atoms with Gasteiger partial charge in [-0.3, -0.25) is 0 Å². The molecular weight excluding hydrogens is 412 g/mol. The van der Waals surface area contributed by atoms with Gasteiger partial charge in [0.2, 0.25) is 0 Å². The Bertz CT molecular complexity index is 1320. The van der Waals surface area contributed by atoms with Crippen molar-refractivity contribution in [2.75, 3.05) is 0 Å². The van der Waals surface area contributed by atoms with Crippen LogP contribution in [-0.4, -0.2) is 0 Å². The molecule has 0 aliphatic carbocycles. The molecule has 0 fully saturated rings. The summed E-state index contributed by atoms with van der Waals surface area (Å²) in [5, 5.41) is 0.576. The average molecular weight is 432 g/mol. The second-order valence-corrected chi connectivity index (χ2v) is 7.66. The first kappa shape index (κ1) is 21.6. The molecule has 160 valence electrons. The quantitative estimate of drug-likeness (QED) is 0.228. The van der Waals surface area contributed by atoms with Crippen molar-refractivity contribution in [1.82, 2.24) is 0 Å². The van der Waals surface area contributed by atoms with Crippen LogP contribution in [0.5, 0.6) is 0 Å². The Hall–Kier alpha value is -3.58. The Morgan fingerprint density at radius 2 is 1.41 bits per heavy atom. The number of unbranched alkanes of at least 4 members (excludes halogenated alkanes) is 1. The van der Waals surface area contributed by atoms with Crippen molar-refractivity contribution in [3.05, 3.63) is 107 Å². The first-order chi connectivity index (χ1) is 15.5. The minimum atomic E-state index is -0.937. The van der Waals surface area contributed by atoms with E-state index in [-0.39, 0.29) is 10.9 Å². The largest absolute Gasteiger partial charge is 0.205 e. The van der Waals surface area contributed by atoms with Crippen LogP contribution >= 0.6 is 0 Å². The summed E-state index contributed by atoms with van der Waals surface area (Å²) in [6.07, 6.45) is 3.18. The highest BCUT2D eigenvalue weighted by Gasteiger charge is 2.11. The third-order valence-electron chi connectivity index (χ3n) is 5.39. The predicted octanol–water partition coefficient (Wildman–Crippen LogP) is 7.81. The highest BCUT2D eigenvalue weighted by molar-refractivity contribution is 5.84. The zero-order valence-corrected chi connectivity index (χ0v) is 17.5. The monoisotopic (exact) mass is 432 g/mol. The molecule has 0 aromatic heterocycles. The van der Waals surface area contributed by atoms with Crippen molar-refractivity contribution in [2.45, 2.75) is 26.2 Å². The van der Waals surface area contributed by atoms with Gasteiger partial charge >= 0.3 is 0 Å². The molecule has 0 radical (unpaired) electrons. The lowest BCUT2D eigenvalue weighted by Crippen LogP contribution is -1.93. The van der Waals surface area contributed by atoms with Gasteiger partial charge in [-0.25, -0.2) is 17.6 Å². The predicted molar refractivity (Wildman–Crippen MR) is 120 cm³/mol. The van der Waals surface area contributed by atoms with Crippen LogP contribution in [0.3, 0.4) is 0 Å². The summed E-state index contributed by atoms with van der Waals surface area (Å²) in [7, 11) is 0. The molecule has 0 N–H and O–H groups in total.